The molecule has 0 spiro atoms. The second-order valence-corrected chi connectivity index (χ2v) is 7.49. The SMILES string of the molecule is Cc1ccccc1CS(=O)(=O)NCCC(C)c1ccccc1. The van der Waals surface area contributed by atoms with E-state index in [1.807, 2.05) is 49.4 Å². The van der Waals surface area contributed by atoms with Crippen LogP contribution in [0.2, 0.25) is 0 Å². The number of sulfonamides is 1. The third-order valence-electron chi connectivity index (χ3n) is 3.87. The van der Waals surface area contributed by atoms with Gasteiger partial charge in [0.15, 0.2) is 0 Å². The number of aryl methyl sites for hydroxylation is 1. The molecule has 1 atom stereocenters. The molecule has 2 aromatic carbocycles. The Hall–Kier alpha value is -1.65. The average molecular weight is 317 g/mol. The zero-order valence-electron chi connectivity index (χ0n) is 13.1. The quantitative estimate of drug-likeness (QED) is 0.848. The Morgan fingerprint density at radius 2 is 1.64 bits per heavy atom. The molecule has 2 rings (SSSR count). The fourth-order valence-electron chi connectivity index (χ4n) is 2.41. The minimum atomic E-state index is -3.28. The van der Waals surface area contributed by atoms with Crippen LogP contribution in [0.3, 0.4) is 0 Å². The first-order chi connectivity index (χ1) is 10.5. The van der Waals surface area contributed by atoms with E-state index in [0.717, 1.165) is 17.5 Å². The van der Waals surface area contributed by atoms with Gasteiger partial charge in [-0.1, -0.05) is 61.5 Å². The first-order valence-corrected chi connectivity index (χ1v) is 9.20. The molecular formula is C18H23NO2S. The molecule has 1 N–H and O–H groups in total. The largest absolute Gasteiger partial charge is 0.215 e. The predicted molar refractivity (Wildman–Crippen MR) is 91.3 cm³/mol. The van der Waals surface area contributed by atoms with Crippen LogP contribution in [0.5, 0.6) is 0 Å². The third kappa shape index (κ3) is 4.97. The van der Waals surface area contributed by atoms with Gasteiger partial charge in [-0.05, 0) is 36.0 Å². The summed E-state index contributed by atoms with van der Waals surface area (Å²) in [6.45, 7) is 4.51. The maximum atomic E-state index is 12.2. The Kier molecular flexibility index (Phi) is 5.75. The molecule has 3 nitrogen and oxygen atoms in total. The second-order valence-electron chi connectivity index (χ2n) is 5.68. The van der Waals surface area contributed by atoms with E-state index in [0.29, 0.717) is 12.5 Å². The Morgan fingerprint density at radius 1 is 1.00 bits per heavy atom. The summed E-state index contributed by atoms with van der Waals surface area (Å²) in [5.41, 5.74) is 3.09. The van der Waals surface area contributed by atoms with E-state index in [-0.39, 0.29) is 5.75 Å². The summed E-state index contributed by atoms with van der Waals surface area (Å²) in [4.78, 5) is 0. The Morgan fingerprint density at radius 3 is 2.32 bits per heavy atom. The van der Waals surface area contributed by atoms with E-state index >= 15 is 0 Å². The molecule has 0 bridgehead atoms. The summed E-state index contributed by atoms with van der Waals surface area (Å²) in [6.07, 6.45) is 0.789. The van der Waals surface area contributed by atoms with Gasteiger partial charge in [-0.15, -0.1) is 0 Å². The molecule has 0 amide bonds. The van der Waals surface area contributed by atoms with E-state index in [1.165, 1.54) is 5.56 Å². The summed E-state index contributed by atoms with van der Waals surface area (Å²) in [5.74, 6) is 0.377. The van der Waals surface area contributed by atoms with Crippen LogP contribution in [0.15, 0.2) is 54.6 Å². The summed E-state index contributed by atoms with van der Waals surface area (Å²) in [5, 5.41) is 0. The molecule has 0 heterocycles. The number of nitrogens with one attached hydrogen (secondary N) is 1. The van der Waals surface area contributed by atoms with Gasteiger partial charge in [0.05, 0.1) is 5.75 Å². The second kappa shape index (κ2) is 7.56. The van der Waals surface area contributed by atoms with E-state index in [2.05, 4.69) is 23.8 Å². The summed E-state index contributed by atoms with van der Waals surface area (Å²) in [7, 11) is -3.28. The Labute approximate surface area is 133 Å². The van der Waals surface area contributed by atoms with Crippen molar-refractivity contribution in [1.82, 2.24) is 4.72 Å². The van der Waals surface area contributed by atoms with Crippen molar-refractivity contribution in [2.45, 2.75) is 31.9 Å². The molecule has 2 aromatic rings. The van der Waals surface area contributed by atoms with Gasteiger partial charge in [0.2, 0.25) is 10.0 Å². The van der Waals surface area contributed by atoms with Gasteiger partial charge in [0, 0.05) is 6.54 Å². The number of benzene rings is 2. The zero-order valence-corrected chi connectivity index (χ0v) is 13.9. The van der Waals surface area contributed by atoms with Gasteiger partial charge in [0.25, 0.3) is 0 Å². The lowest BCUT2D eigenvalue weighted by molar-refractivity contribution is 0.571. The van der Waals surface area contributed by atoms with Crippen LogP contribution in [0.25, 0.3) is 0 Å². The fourth-order valence-corrected chi connectivity index (χ4v) is 3.67. The minimum Gasteiger partial charge on any atom is -0.215 e. The Balaban J connectivity index is 1.87. The summed E-state index contributed by atoms with van der Waals surface area (Å²) >= 11 is 0. The van der Waals surface area contributed by atoms with Crippen LogP contribution in [0.4, 0.5) is 0 Å². The van der Waals surface area contributed by atoms with Crippen molar-refractivity contribution in [3.63, 3.8) is 0 Å². The van der Waals surface area contributed by atoms with Crippen molar-refractivity contribution in [3.8, 4) is 0 Å². The van der Waals surface area contributed by atoms with E-state index in [1.54, 1.807) is 0 Å². The number of hydrogen-bond acceptors (Lipinski definition) is 2. The molecule has 0 aliphatic rings. The third-order valence-corrected chi connectivity index (χ3v) is 5.21. The van der Waals surface area contributed by atoms with Crippen molar-refractivity contribution >= 4 is 10.0 Å². The molecule has 0 radical (unpaired) electrons. The van der Waals surface area contributed by atoms with Crippen LogP contribution < -0.4 is 4.72 Å². The molecule has 0 aliphatic heterocycles. The molecule has 0 aliphatic carbocycles. The monoisotopic (exact) mass is 317 g/mol. The first kappa shape index (κ1) is 16.7. The molecule has 4 heteroatoms. The van der Waals surface area contributed by atoms with E-state index in [9.17, 15) is 8.42 Å². The highest BCUT2D eigenvalue weighted by Crippen LogP contribution is 2.18. The normalized spacial score (nSPS) is 13.0. The molecule has 0 aromatic heterocycles. The highest BCUT2D eigenvalue weighted by molar-refractivity contribution is 7.88. The summed E-state index contributed by atoms with van der Waals surface area (Å²) in [6, 6.07) is 17.7. The lowest BCUT2D eigenvalue weighted by Crippen LogP contribution is -2.27. The van der Waals surface area contributed by atoms with Crippen molar-refractivity contribution in [2.24, 2.45) is 0 Å². The molecule has 0 saturated heterocycles. The molecule has 1 unspecified atom stereocenters. The molecule has 0 saturated carbocycles. The van der Waals surface area contributed by atoms with Crippen LogP contribution >= 0.6 is 0 Å². The fraction of sp³-hybridized carbons (Fsp3) is 0.333. The highest BCUT2D eigenvalue weighted by Gasteiger charge is 2.13. The lowest BCUT2D eigenvalue weighted by atomic mass is 9.98. The molecule has 0 fully saturated rings. The summed E-state index contributed by atoms with van der Waals surface area (Å²) < 4.78 is 27.0. The van der Waals surface area contributed by atoms with E-state index < -0.39 is 10.0 Å². The maximum Gasteiger partial charge on any atom is 0.215 e. The number of hydrogen-bond donors (Lipinski definition) is 1. The van der Waals surface area contributed by atoms with Gasteiger partial charge in [-0.25, -0.2) is 13.1 Å². The number of rotatable bonds is 7. The molecular weight excluding hydrogens is 294 g/mol. The van der Waals surface area contributed by atoms with Gasteiger partial charge >= 0.3 is 0 Å². The minimum absolute atomic E-state index is 0.0411. The average Bonchev–Trinajstić information content (AvgIpc) is 2.50. The van der Waals surface area contributed by atoms with Gasteiger partial charge < -0.3 is 0 Å². The lowest BCUT2D eigenvalue weighted by Gasteiger charge is -2.13. The van der Waals surface area contributed by atoms with Gasteiger partial charge in [0.1, 0.15) is 0 Å². The first-order valence-electron chi connectivity index (χ1n) is 7.55. The van der Waals surface area contributed by atoms with Crippen molar-refractivity contribution < 1.29 is 8.42 Å². The van der Waals surface area contributed by atoms with Crippen LogP contribution in [-0.4, -0.2) is 15.0 Å². The smallest absolute Gasteiger partial charge is 0.215 e. The molecule has 118 valence electrons. The van der Waals surface area contributed by atoms with Crippen molar-refractivity contribution in [3.05, 3.63) is 71.3 Å². The standard InChI is InChI=1S/C18H23NO2S/c1-15-8-6-7-11-18(15)14-22(20,21)19-13-12-16(2)17-9-4-3-5-10-17/h3-11,16,19H,12-14H2,1-2H3. The van der Waals surface area contributed by atoms with Gasteiger partial charge in [-0.2, -0.15) is 0 Å². The predicted octanol–water partition coefficient (Wildman–Crippen LogP) is 3.61. The zero-order chi connectivity index (χ0) is 16.0. The van der Waals surface area contributed by atoms with Gasteiger partial charge in [-0.3, -0.25) is 0 Å². The van der Waals surface area contributed by atoms with Crippen molar-refractivity contribution in [1.29, 1.82) is 0 Å². The van der Waals surface area contributed by atoms with Crippen molar-refractivity contribution in [2.75, 3.05) is 6.54 Å². The Bertz CT molecular complexity index is 696. The molecule has 22 heavy (non-hydrogen) atoms. The topological polar surface area (TPSA) is 46.2 Å². The highest BCUT2D eigenvalue weighted by atomic mass is 32.2. The van der Waals surface area contributed by atoms with E-state index in [4.69, 9.17) is 0 Å². The van der Waals surface area contributed by atoms with Crippen LogP contribution in [0.1, 0.15) is 36.0 Å². The van der Waals surface area contributed by atoms with Crippen LogP contribution in [-0.2, 0) is 15.8 Å². The maximum absolute atomic E-state index is 12.2. The van der Waals surface area contributed by atoms with Crippen LogP contribution in [0, 0.1) is 6.92 Å².